The van der Waals surface area contributed by atoms with Crippen LogP contribution in [0, 0.1) is 0 Å². The SMILES string of the molecule is Oc1cc(CC2NCCc3ccccc32)cc(O)c1O. The Bertz CT molecular complexity index is 616. The number of nitrogens with one attached hydrogen (secondary N) is 1. The molecular weight excluding hydrogens is 254 g/mol. The zero-order chi connectivity index (χ0) is 14.1. The van der Waals surface area contributed by atoms with Crippen molar-refractivity contribution < 1.29 is 15.3 Å². The number of phenolic OH excluding ortho intramolecular Hbond substituents is 3. The van der Waals surface area contributed by atoms with Crippen LogP contribution in [0.2, 0.25) is 0 Å². The Hall–Kier alpha value is -2.20. The first-order chi connectivity index (χ1) is 9.65. The van der Waals surface area contributed by atoms with Crippen LogP contribution in [0.15, 0.2) is 36.4 Å². The van der Waals surface area contributed by atoms with Crippen molar-refractivity contribution in [3.8, 4) is 17.2 Å². The van der Waals surface area contributed by atoms with E-state index in [1.807, 2.05) is 12.1 Å². The lowest BCUT2D eigenvalue weighted by Crippen LogP contribution is -2.31. The Morgan fingerprint density at radius 2 is 1.75 bits per heavy atom. The van der Waals surface area contributed by atoms with Gasteiger partial charge in [-0.15, -0.1) is 0 Å². The minimum atomic E-state index is -0.467. The normalized spacial score (nSPS) is 17.7. The first-order valence-electron chi connectivity index (χ1n) is 6.70. The largest absolute Gasteiger partial charge is 0.504 e. The number of fused-ring (bicyclic) bond motifs is 1. The molecule has 4 nitrogen and oxygen atoms in total. The molecule has 0 amide bonds. The summed E-state index contributed by atoms with van der Waals surface area (Å²) in [6.07, 6.45) is 1.66. The third-order valence-electron chi connectivity index (χ3n) is 3.78. The Balaban J connectivity index is 1.89. The zero-order valence-electron chi connectivity index (χ0n) is 11.0. The molecule has 1 heterocycles. The van der Waals surface area contributed by atoms with Gasteiger partial charge in [0.25, 0.3) is 0 Å². The van der Waals surface area contributed by atoms with Crippen molar-refractivity contribution in [3.05, 3.63) is 53.1 Å². The van der Waals surface area contributed by atoms with Crippen molar-refractivity contribution in [2.24, 2.45) is 0 Å². The lowest BCUT2D eigenvalue weighted by molar-refractivity contribution is 0.366. The van der Waals surface area contributed by atoms with Gasteiger partial charge in [0.1, 0.15) is 0 Å². The minimum Gasteiger partial charge on any atom is -0.504 e. The molecule has 2 aromatic carbocycles. The molecule has 104 valence electrons. The molecule has 0 bridgehead atoms. The molecule has 1 unspecified atom stereocenters. The van der Waals surface area contributed by atoms with Gasteiger partial charge in [0.15, 0.2) is 17.2 Å². The summed E-state index contributed by atoms with van der Waals surface area (Å²) >= 11 is 0. The first kappa shape index (κ1) is 12.8. The summed E-state index contributed by atoms with van der Waals surface area (Å²) in [6.45, 7) is 0.914. The van der Waals surface area contributed by atoms with E-state index in [0.717, 1.165) is 18.5 Å². The van der Waals surface area contributed by atoms with E-state index in [9.17, 15) is 15.3 Å². The fourth-order valence-electron chi connectivity index (χ4n) is 2.79. The molecule has 4 N–H and O–H groups in total. The molecule has 0 saturated carbocycles. The molecule has 0 fully saturated rings. The van der Waals surface area contributed by atoms with Gasteiger partial charge in [-0.2, -0.15) is 0 Å². The lowest BCUT2D eigenvalue weighted by atomic mass is 9.90. The van der Waals surface area contributed by atoms with E-state index in [2.05, 4.69) is 17.4 Å². The predicted molar refractivity (Wildman–Crippen MR) is 76.0 cm³/mol. The monoisotopic (exact) mass is 271 g/mol. The van der Waals surface area contributed by atoms with Gasteiger partial charge in [-0.1, -0.05) is 24.3 Å². The van der Waals surface area contributed by atoms with Crippen molar-refractivity contribution in [1.29, 1.82) is 0 Å². The second-order valence-electron chi connectivity index (χ2n) is 5.14. The number of phenols is 3. The maximum atomic E-state index is 9.58. The third-order valence-corrected chi connectivity index (χ3v) is 3.78. The highest BCUT2D eigenvalue weighted by Gasteiger charge is 2.20. The summed E-state index contributed by atoms with van der Waals surface area (Å²) in [7, 11) is 0. The standard InChI is InChI=1S/C16H17NO3/c18-14-8-10(9-15(19)16(14)20)7-13-12-4-2-1-3-11(12)5-6-17-13/h1-4,8-9,13,17-20H,5-7H2. The summed E-state index contributed by atoms with van der Waals surface area (Å²) in [5.74, 6) is -1.04. The minimum absolute atomic E-state index is 0.156. The molecule has 2 aromatic rings. The van der Waals surface area contributed by atoms with E-state index < -0.39 is 5.75 Å². The molecular formula is C16H17NO3. The van der Waals surface area contributed by atoms with Crippen molar-refractivity contribution in [2.75, 3.05) is 6.54 Å². The fraction of sp³-hybridized carbons (Fsp3) is 0.250. The molecule has 0 spiro atoms. The number of benzene rings is 2. The highest BCUT2D eigenvalue weighted by Crippen LogP contribution is 2.37. The summed E-state index contributed by atoms with van der Waals surface area (Å²) in [5.41, 5.74) is 3.38. The molecule has 1 atom stereocenters. The molecule has 3 rings (SSSR count). The van der Waals surface area contributed by atoms with Crippen LogP contribution in [-0.2, 0) is 12.8 Å². The van der Waals surface area contributed by atoms with Gasteiger partial charge in [0.2, 0.25) is 0 Å². The molecule has 0 saturated heterocycles. The van der Waals surface area contributed by atoms with E-state index in [0.29, 0.717) is 6.42 Å². The van der Waals surface area contributed by atoms with Crippen molar-refractivity contribution in [3.63, 3.8) is 0 Å². The molecule has 0 radical (unpaired) electrons. The van der Waals surface area contributed by atoms with Crippen LogP contribution in [0.5, 0.6) is 17.2 Å². The molecule has 1 aliphatic rings. The second-order valence-corrected chi connectivity index (χ2v) is 5.14. The quantitative estimate of drug-likeness (QED) is 0.632. The van der Waals surface area contributed by atoms with Crippen LogP contribution in [0.3, 0.4) is 0 Å². The van der Waals surface area contributed by atoms with Crippen LogP contribution in [0.25, 0.3) is 0 Å². The Labute approximate surface area is 117 Å². The fourth-order valence-corrected chi connectivity index (χ4v) is 2.79. The summed E-state index contributed by atoms with van der Waals surface area (Å²) in [6, 6.07) is 11.4. The molecule has 1 aliphatic heterocycles. The second kappa shape index (κ2) is 5.06. The van der Waals surface area contributed by atoms with Gasteiger partial charge >= 0.3 is 0 Å². The highest BCUT2D eigenvalue weighted by molar-refractivity contribution is 5.51. The van der Waals surface area contributed by atoms with E-state index in [1.165, 1.54) is 23.3 Å². The van der Waals surface area contributed by atoms with Crippen LogP contribution < -0.4 is 5.32 Å². The van der Waals surface area contributed by atoms with Crippen LogP contribution >= 0.6 is 0 Å². The average molecular weight is 271 g/mol. The molecule has 4 heteroatoms. The maximum Gasteiger partial charge on any atom is 0.200 e. The van der Waals surface area contributed by atoms with E-state index in [4.69, 9.17) is 0 Å². The number of hydrogen-bond donors (Lipinski definition) is 4. The Morgan fingerprint density at radius 1 is 1.05 bits per heavy atom. The average Bonchev–Trinajstić information content (AvgIpc) is 2.45. The van der Waals surface area contributed by atoms with Crippen LogP contribution in [0.1, 0.15) is 22.7 Å². The summed E-state index contributed by atoms with van der Waals surface area (Å²) < 4.78 is 0. The van der Waals surface area contributed by atoms with Gasteiger partial charge < -0.3 is 20.6 Å². The van der Waals surface area contributed by atoms with Gasteiger partial charge in [0, 0.05) is 6.04 Å². The summed E-state index contributed by atoms with van der Waals surface area (Å²) in [5, 5.41) is 32.0. The lowest BCUT2D eigenvalue weighted by Gasteiger charge is -2.27. The molecule has 0 aliphatic carbocycles. The maximum absolute atomic E-state index is 9.58. The summed E-state index contributed by atoms with van der Waals surface area (Å²) in [4.78, 5) is 0. The van der Waals surface area contributed by atoms with Gasteiger partial charge in [-0.25, -0.2) is 0 Å². The van der Waals surface area contributed by atoms with Gasteiger partial charge in [-0.3, -0.25) is 0 Å². The highest BCUT2D eigenvalue weighted by atomic mass is 16.3. The first-order valence-corrected chi connectivity index (χ1v) is 6.70. The third kappa shape index (κ3) is 2.30. The number of aromatic hydroxyl groups is 3. The molecule has 20 heavy (non-hydrogen) atoms. The van der Waals surface area contributed by atoms with E-state index in [1.54, 1.807) is 0 Å². The molecule has 0 aromatic heterocycles. The van der Waals surface area contributed by atoms with Crippen molar-refractivity contribution in [1.82, 2.24) is 5.32 Å². The Kier molecular flexibility index (Phi) is 3.24. The van der Waals surface area contributed by atoms with E-state index >= 15 is 0 Å². The van der Waals surface area contributed by atoms with Gasteiger partial charge in [-0.05, 0) is 48.2 Å². The number of rotatable bonds is 2. The van der Waals surface area contributed by atoms with Crippen LogP contribution in [-0.4, -0.2) is 21.9 Å². The van der Waals surface area contributed by atoms with Crippen molar-refractivity contribution >= 4 is 0 Å². The van der Waals surface area contributed by atoms with Crippen molar-refractivity contribution in [2.45, 2.75) is 18.9 Å². The Morgan fingerprint density at radius 3 is 2.50 bits per heavy atom. The number of hydrogen-bond acceptors (Lipinski definition) is 4. The topological polar surface area (TPSA) is 72.7 Å². The predicted octanol–water partition coefficient (Wildman–Crippen LogP) is 2.23. The van der Waals surface area contributed by atoms with Crippen LogP contribution in [0.4, 0.5) is 0 Å². The van der Waals surface area contributed by atoms with E-state index in [-0.39, 0.29) is 17.5 Å². The zero-order valence-corrected chi connectivity index (χ0v) is 11.0. The smallest absolute Gasteiger partial charge is 0.200 e. The van der Waals surface area contributed by atoms with Gasteiger partial charge in [0.05, 0.1) is 0 Å².